The molecule has 0 bridgehead atoms. The molecule has 0 fully saturated rings. The van der Waals surface area contributed by atoms with E-state index in [2.05, 4.69) is 0 Å². The van der Waals surface area contributed by atoms with Gasteiger partial charge in [-0.1, -0.05) is 84.6 Å². The van der Waals surface area contributed by atoms with Gasteiger partial charge in [0.05, 0.1) is 11.7 Å². The van der Waals surface area contributed by atoms with Gasteiger partial charge in [0.2, 0.25) is 0 Å². The van der Waals surface area contributed by atoms with E-state index >= 15 is 0 Å². The van der Waals surface area contributed by atoms with Crippen LogP contribution in [0.1, 0.15) is 23.5 Å². The molecule has 0 N–H and O–H groups in total. The molecule has 2 rings (SSSR count). The summed E-state index contributed by atoms with van der Waals surface area (Å²) in [6.45, 7) is 0. The highest BCUT2D eigenvalue weighted by molar-refractivity contribution is 8.13. The summed E-state index contributed by atoms with van der Waals surface area (Å²) in [5.41, 5.74) is 1.57. The normalized spacial score (nSPS) is 14.0. The van der Waals surface area contributed by atoms with Gasteiger partial charge in [-0.3, -0.25) is 4.79 Å². The monoisotopic (exact) mass is 392 g/mol. The van der Waals surface area contributed by atoms with Crippen molar-refractivity contribution in [3.8, 4) is 0 Å². The van der Waals surface area contributed by atoms with Crippen molar-refractivity contribution >= 4 is 29.2 Å². The Balaban J connectivity index is 2.32. The second kappa shape index (κ2) is 10.1. The van der Waals surface area contributed by atoms with Crippen LogP contribution in [0.25, 0.3) is 6.08 Å². The van der Waals surface area contributed by atoms with Crippen molar-refractivity contribution in [3.05, 3.63) is 77.9 Å². The first-order valence-corrected chi connectivity index (χ1v) is 9.34. The number of carbonyl (C=O) groups excluding carboxylic acids is 2. The number of carbonyl (C=O) groups is 2. The number of halogens is 3. The Kier molecular flexibility index (Phi) is 7.85. The van der Waals surface area contributed by atoms with Crippen LogP contribution in [-0.2, 0) is 9.59 Å². The van der Waals surface area contributed by atoms with Crippen LogP contribution in [0, 0.1) is 5.92 Å². The van der Waals surface area contributed by atoms with Crippen LogP contribution < -0.4 is 0 Å². The first-order chi connectivity index (χ1) is 12.9. The van der Waals surface area contributed by atoms with E-state index in [1.54, 1.807) is 42.5 Å². The summed E-state index contributed by atoms with van der Waals surface area (Å²) in [6, 6.07) is 18.1. The molecule has 0 amide bonds. The van der Waals surface area contributed by atoms with Gasteiger partial charge in [0.1, 0.15) is 6.29 Å². The lowest BCUT2D eigenvalue weighted by molar-refractivity contribution is -0.116. The van der Waals surface area contributed by atoms with Crippen molar-refractivity contribution in [1.82, 2.24) is 0 Å². The SMILES string of the molecule is O=CC[C@@H](c1ccccc1)[C@@H](/C=C/c1ccccc1)C(=O)SCC(F)(F)F. The minimum Gasteiger partial charge on any atom is -0.303 e. The lowest BCUT2D eigenvalue weighted by atomic mass is 9.84. The Morgan fingerprint density at radius 2 is 1.59 bits per heavy atom. The Morgan fingerprint density at radius 3 is 2.15 bits per heavy atom. The number of benzene rings is 2. The molecule has 0 heterocycles. The van der Waals surface area contributed by atoms with Gasteiger partial charge < -0.3 is 4.79 Å². The summed E-state index contributed by atoms with van der Waals surface area (Å²) in [5.74, 6) is -2.61. The summed E-state index contributed by atoms with van der Waals surface area (Å²) < 4.78 is 37.7. The molecule has 6 heteroatoms. The van der Waals surface area contributed by atoms with Crippen molar-refractivity contribution in [3.63, 3.8) is 0 Å². The number of aldehydes is 1. The van der Waals surface area contributed by atoms with E-state index in [0.29, 0.717) is 6.29 Å². The molecule has 142 valence electrons. The van der Waals surface area contributed by atoms with Crippen LogP contribution >= 0.6 is 11.8 Å². The third-order valence-corrected chi connectivity index (χ3v) is 4.99. The van der Waals surface area contributed by atoms with E-state index in [0.717, 1.165) is 11.1 Å². The Bertz CT molecular complexity index is 758. The van der Waals surface area contributed by atoms with Gasteiger partial charge in [-0.25, -0.2) is 0 Å². The number of thioether (sulfide) groups is 1. The zero-order chi connectivity index (χ0) is 19.7. The molecule has 0 aromatic heterocycles. The number of rotatable bonds is 8. The molecule has 2 aromatic rings. The highest BCUT2D eigenvalue weighted by Gasteiger charge is 2.33. The zero-order valence-electron chi connectivity index (χ0n) is 14.4. The van der Waals surface area contributed by atoms with Crippen LogP contribution in [-0.4, -0.2) is 23.3 Å². The first-order valence-electron chi connectivity index (χ1n) is 8.36. The molecule has 0 aliphatic heterocycles. The van der Waals surface area contributed by atoms with Crippen LogP contribution in [0.4, 0.5) is 13.2 Å². The molecule has 0 saturated heterocycles. The van der Waals surface area contributed by atoms with E-state index in [-0.39, 0.29) is 18.2 Å². The number of hydrogen-bond acceptors (Lipinski definition) is 3. The predicted octanol–water partition coefficient (Wildman–Crippen LogP) is 5.51. The predicted molar refractivity (Wildman–Crippen MR) is 102 cm³/mol. The smallest absolute Gasteiger partial charge is 0.303 e. The second-order valence-electron chi connectivity index (χ2n) is 5.94. The van der Waals surface area contributed by atoms with Crippen molar-refractivity contribution in [2.24, 2.45) is 5.92 Å². The Labute approximate surface area is 160 Å². The van der Waals surface area contributed by atoms with Gasteiger partial charge >= 0.3 is 6.18 Å². The van der Waals surface area contributed by atoms with Crippen molar-refractivity contribution in [2.75, 3.05) is 5.75 Å². The summed E-state index contributed by atoms with van der Waals surface area (Å²) in [6.07, 6.45) is -0.380. The molecule has 2 nitrogen and oxygen atoms in total. The average Bonchev–Trinajstić information content (AvgIpc) is 2.66. The fourth-order valence-corrected chi connectivity index (χ4v) is 3.44. The van der Waals surface area contributed by atoms with E-state index in [1.807, 2.05) is 30.3 Å². The molecule has 0 aliphatic rings. The third kappa shape index (κ3) is 7.06. The van der Waals surface area contributed by atoms with E-state index in [1.165, 1.54) is 0 Å². The highest BCUT2D eigenvalue weighted by atomic mass is 32.2. The quantitative estimate of drug-likeness (QED) is 0.556. The molecular formula is C21H19F3O2S. The topological polar surface area (TPSA) is 34.1 Å². The maximum atomic E-state index is 12.6. The maximum Gasteiger partial charge on any atom is 0.398 e. The minimum atomic E-state index is -4.43. The third-order valence-electron chi connectivity index (χ3n) is 3.96. The minimum absolute atomic E-state index is 0.0477. The first kappa shape index (κ1) is 21.0. The molecule has 0 spiro atoms. The molecule has 0 aliphatic carbocycles. The molecule has 2 aromatic carbocycles. The Hall–Kier alpha value is -2.34. The molecule has 0 radical (unpaired) electrons. The zero-order valence-corrected chi connectivity index (χ0v) is 15.2. The van der Waals surface area contributed by atoms with Gasteiger partial charge in [-0.15, -0.1) is 0 Å². The number of hydrogen-bond donors (Lipinski definition) is 0. The molecule has 0 unspecified atom stereocenters. The molecule has 0 saturated carbocycles. The number of allylic oxidation sites excluding steroid dienone is 1. The molecule has 27 heavy (non-hydrogen) atoms. The van der Waals surface area contributed by atoms with Crippen LogP contribution in [0.3, 0.4) is 0 Å². The van der Waals surface area contributed by atoms with E-state index < -0.39 is 28.9 Å². The number of alkyl halides is 3. The lowest BCUT2D eigenvalue weighted by Crippen LogP contribution is -2.22. The van der Waals surface area contributed by atoms with Gasteiger partial charge in [0, 0.05) is 12.3 Å². The second-order valence-corrected chi connectivity index (χ2v) is 6.92. The summed E-state index contributed by atoms with van der Waals surface area (Å²) in [5, 5.41) is -0.602. The van der Waals surface area contributed by atoms with Gasteiger partial charge in [-0.2, -0.15) is 13.2 Å². The van der Waals surface area contributed by atoms with Gasteiger partial charge in [0.15, 0.2) is 5.12 Å². The van der Waals surface area contributed by atoms with Crippen LogP contribution in [0.2, 0.25) is 0 Å². The van der Waals surface area contributed by atoms with Gasteiger partial charge in [0.25, 0.3) is 0 Å². The van der Waals surface area contributed by atoms with E-state index in [9.17, 15) is 22.8 Å². The van der Waals surface area contributed by atoms with E-state index in [4.69, 9.17) is 0 Å². The highest BCUT2D eigenvalue weighted by Crippen LogP contribution is 2.34. The Morgan fingerprint density at radius 1 is 1.00 bits per heavy atom. The van der Waals surface area contributed by atoms with Crippen LogP contribution in [0.5, 0.6) is 0 Å². The fraction of sp³-hybridized carbons (Fsp3) is 0.238. The fourth-order valence-electron chi connectivity index (χ4n) is 2.70. The van der Waals surface area contributed by atoms with Gasteiger partial charge in [-0.05, 0) is 11.1 Å². The molecule has 2 atom stereocenters. The standard InChI is InChI=1S/C21H19F3O2S/c22-21(23,24)15-27-20(26)19(12-11-16-7-3-1-4-8-16)18(13-14-25)17-9-5-2-6-10-17/h1-12,14,18-19H,13,15H2/b12-11+/t18-,19+/m0/s1. The largest absolute Gasteiger partial charge is 0.398 e. The van der Waals surface area contributed by atoms with Crippen molar-refractivity contribution in [2.45, 2.75) is 18.5 Å². The van der Waals surface area contributed by atoms with Crippen LogP contribution in [0.15, 0.2) is 66.7 Å². The maximum absolute atomic E-state index is 12.6. The molecular weight excluding hydrogens is 373 g/mol. The lowest BCUT2D eigenvalue weighted by Gasteiger charge is -2.22. The summed E-state index contributed by atoms with van der Waals surface area (Å²) in [7, 11) is 0. The van der Waals surface area contributed by atoms with Crippen molar-refractivity contribution in [1.29, 1.82) is 0 Å². The average molecular weight is 392 g/mol. The summed E-state index contributed by atoms with van der Waals surface area (Å²) in [4.78, 5) is 23.8. The van der Waals surface area contributed by atoms with Crippen molar-refractivity contribution < 1.29 is 22.8 Å². The summed E-state index contributed by atoms with van der Waals surface area (Å²) >= 11 is 0.244.